The van der Waals surface area contributed by atoms with Gasteiger partial charge in [0.2, 0.25) is 5.52 Å². The number of nitrogens with zero attached hydrogens (tertiary/aromatic N) is 4. The summed E-state index contributed by atoms with van der Waals surface area (Å²) in [6.45, 7) is 5.26. The number of hydrogen-bond donors (Lipinski definition) is 1. The molecule has 0 radical (unpaired) electrons. The molecule has 2 heterocycles. The summed E-state index contributed by atoms with van der Waals surface area (Å²) in [4.78, 5) is 12.8. The minimum Gasteiger partial charge on any atom is -0.383 e. The third-order valence-corrected chi connectivity index (χ3v) is 3.66. The summed E-state index contributed by atoms with van der Waals surface area (Å²) < 4.78 is 9.94. The zero-order chi connectivity index (χ0) is 15.4. The molecule has 1 aromatic heterocycles. The first-order valence-electron chi connectivity index (χ1n) is 7.19. The van der Waals surface area contributed by atoms with E-state index in [4.69, 9.17) is 4.74 Å². The average Bonchev–Trinajstić information content (AvgIpc) is 3.02. The van der Waals surface area contributed by atoms with E-state index in [1.807, 2.05) is 0 Å². The van der Waals surface area contributed by atoms with Gasteiger partial charge in [-0.1, -0.05) is 0 Å². The van der Waals surface area contributed by atoms with Crippen molar-refractivity contribution < 1.29 is 14.3 Å². The maximum absolute atomic E-state index is 10.9. The molecule has 0 atom stereocenters. The number of fused-ring (bicyclic) bond motifs is 1. The van der Waals surface area contributed by atoms with Crippen LogP contribution in [0.4, 0.5) is 11.4 Å². The van der Waals surface area contributed by atoms with E-state index < -0.39 is 4.92 Å². The Morgan fingerprint density at radius 1 is 1.27 bits per heavy atom. The molecule has 1 N–H and O–H groups in total. The molecule has 1 aliphatic heterocycles. The first-order valence-corrected chi connectivity index (χ1v) is 7.19. The normalized spacial score (nSPS) is 16.0. The third-order valence-electron chi connectivity index (χ3n) is 3.66. The van der Waals surface area contributed by atoms with Crippen LogP contribution in [-0.2, 0) is 4.74 Å². The quantitative estimate of drug-likeness (QED) is 0.483. The van der Waals surface area contributed by atoms with E-state index in [1.165, 1.54) is 6.07 Å². The molecule has 0 saturated carbocycles. The topological polar surface area (TPSA) is 107 Å². The van der Waals surface area contributed by atoms with Crippen molar-refractivity contribution in [3.05, 3.63) is 22.2 Å². The number of non-ortho nitro benzene ring substituents is 1. The van der Waals surface area contributed by atoms with Gasteiger partial charge in [0.05, 0.1) is 23.8 Å². The van der Waals surface area contributed by atoms with Gasteiger partial charge >= 0.3 is 5.69 Å². The maximum atomic E-state index is 10.9. The van der Waals surface area contributed by atoms with Gasteiger partial charge in [0.25, 0.3) is 0 Å². The van der Waals surface area contributed by atoms with E-state index in [0.717, 1.165) is 45.8 Å². The molecule has 0 unspecified atom stereocenters. The van der Waals surface area contributed by atoms with E-state index in [9.17, 15) is 10.1 Å². The number of aromatic nitrogens is 2. The molecule has 9 nitrogen and oxygen atoms in total. The molecule has 1 aliphatic rings. The maximum Gasteiger partial charge on any atom is 0.300 e. The fraction of sp³-hybridized carbons (Fsp3) is 0.538. The van der Waals surface area contributed by atoms with Crippen LogP contribution in [0.15, 0.2) is 16.8 Å². The minimum atomic E-state index is -0.491. The Morgan fingerprint density at radius 3 is 2.82 bits per heavy atom. The Morgan fingerprint density at radius 2 is 2.05 bits per heavy atom. The van der Waals surface area contributed by atoms with Crippen molar-refractivity contribution in [2.45, 2.75) is 6.42 Å². The van der Waals surface area contributed by atoms with E-state index in [0.29, 0.717) is 11.2 Å². The van der Waals surface area contributed by atoms with Crippen LogP contribution in [0.3, 0.4) is 0 Å². The SMILES string of the molecule is O=[N+]([O-])c1ccc(NCCCN2CCOCC2)c2nonc12. The van der Waals surface area contributed by atoms with E-state index in [2.05, 4.69) is 25.2 Å². The molecule has 9 heteroatoms. The molecule has 1 aromatic carbocycles. The first kappa shape index (κ1) is 14.7. The van der Waals surface area contributed by atoms with Gasteiger partial charge in [-0.2, -0.15) is 0 Å². The Labute approximate surface area is 126 Å². The van der Waals surface area contributed by atoms with Crippen molar-refractivity contribution in [3.63, 3.8) is 0 Å². The number of rotatable bonds is 6. The van der Waals surface area contributed by atoms with Crippen molar-refractivity contribution in [2.24, 2.45) is 0 Å². The number of anilines is 1. The van der Waals surface area contributed by atoms with Gasteiger partial charge in [-0.15, -0.1) is 0 Å². The van der Waals surface area contributed by atoms with Crippen molar-refractivity contribution in [1.29, 1.82) is 0 Å². The highest BCUT2D eigenvalue weighted by Crippen LogP contribution is 2.28. The van der Waals surface area contributed by atoms with Crippen LogP contribution < -0.4 is 5.32 Å². The zero-order valence-electron chi connectivity index (χ0n) is 12.0. The number of ether oxygens (including phenoxy) is 1. The molecule has 0 spiro atoms. The summed E-state index contributed by atoms with van der Waals surface area (Å²) in [6, 6.07) is 3.05. The number of nitro benzene ring substituents is 1. The monoisotopic (exact) mass is 307 g/mol. The van der Waals surface area contributed by atoms with Crippen LogP contribution in [0.1, 0.15) is 6.42 Å². The molecular formula is C13H17N5O4. The molecule has 0 aliphatic carbocycles. The second kappa shape index (κ2) is 6.67. The predicted molar refractivity (Wildman–Crippen MR) is 78.8 cm³/mol. The second-order valence-corrected chi connectivity index (χ2v) is 5.09. The summed E-state index contributed by atoms with van der Waals surface area (Å²) >= 11 is 0. The van der Waals surface area contributed by atoms with Crippen LogP contribution in [0, 0.1) is 10.1 Å². The first-order chi connectivity index (χ1) is 10.8. The van der Waals surface area contributed by atoms with E-state index in [-0.39, 0.29) is 11.2 Å². The van der Waals surface area contributed by atoms with Crippen LogP contribution in [0.5, 0.6) is 0 Å². The van der Waals surface area contributed by atoms with Gasteiger partial charge in [0.15, 0.2) is 5.52 Å². The standard InChI is InChI=1S/C13H17N5O4/c19-18(20)11-3-2-10(12-13(11)16-22-15-12)14-4-1-5-17-6-8-21-9-7-17/h2-3,14H,1,4-9H2. The van der Waals surface area contributed by atoms with Gasteiger partial charge in [0, 0.05) is 25.7 Å². The summed E-state index contributed by atoms with van der Waals surface area (Å²) in [7, 11) is 0. The lowest BCUT2D eigenvalue weighted by Crippen LogP contribution is -2.37. The Kier molecular flexibility index (Phi) is 4.45. The molecule has 0 amide bonds. The molecule has 1 fully saturated rings. The van der Waals surface area contributed by atoms with Crippen LogP contribution in [0.2, 0.25) is 0 Å². The van der Waals surface area contributed by atoms with Crippen LogP contribution in [0.25, 0.3) is 11.0 Å². The average molecular weight is 307 g/mol. The smallest absolute Gasteiger partial charge is 0.300 e. The summed E-state index contributed by atoms with van der Waals surface area (Å²) in [5, 5.41) is 21.5. The van der Waals surface area contributed by atoms with E-state index >= 15 is 0 Å². The predicted octanol–water partition coefficient (Wildman–Crippen LogP) is 1.27. The fourth-order valence-corrected chi connectivity index (χ4v) is 2.49. The lowest BCUT2D eigenvalue weighted by Gasteiger charge is -2.26. The molecule has 0 bridgehead atoms. The zero-order valence-corrected chi connectivity index (χ0v) is 12.0. The fourth-order valence-electron chi connectivity index (χ4n) is 2.49. The lowest BCUT2D eigenvalue weighted by molar-refractivity contribution is -0.383. The van der Waals surface area contributed by atoms with Gasteiger partial charge in [-0.05, 0) is 29.3 Å². The molecule has 3 rings (SSSR count). The van der Waals surface area contributed by atoms with Crippen molar-refractivity contribution in [1.82, 2.24) is 15.2 Å². The Balaban J connectivity index is 1.58. The highest BCUT2D eigenvalue weighted by Gasteiger charge is 2.19. The number of nitrogens with one attached hydrogen (secondary N) is 1. The van der Waals surface area contributed by atoms with Crippen molar-refractivity contribution >= 4 is 22.4 Å². The molecular weight excluding hydrogens is 290 g/mol. The summed E-state index contributed by atoms with van der Waals surface area (Å²) in [5.74, 6) is 0. The largest absolute Gasteiger partial charge is 0.383 e. The van der Waals surface area contributed by atoms with Gasteiger partial charge in [0.1, 0.15) is 0 Å². The minimum absolute atomic E-state index is 0.102. The van der Waals surface area contributed by atoms with Crippen molar-refractivity contribution in [2.75, 3.05) is 44.7 Å². The number of benzene rings is 1. The van der Waals surface area contributed by atoms with Crippen molar-refractivity contribution in [3.8, 4) is 0 Å². The number of hydrogen-bond acceptors (Lipinski definition) is 8. The highest BCUT2D eigenvalue weighted by atomic mass is 16.6. The molecule has 22 heavy (non-hydrogen) atoms. The highest BCUT2D eigenvalue weighted by molar-refractivity contribution is 5.93. The van der Waals surface area contributed by atoms with Crippen LogP contribution >= 0.6 is 0 Å². The number of nitro groups is 1. The molecule has 1 saturated heterocycles. The Bertz CT molecular complexity index is 653. The molecule has 118 valence electrons. The lowest BCUT2D eigenvalue weighted by atomic mass is 10.2. The summed E-state index contributed by atoms with van der Waals surface area (Å²) in [5.41, 5.74) is 1.16. The summed E-state index contributed by atoms with van der Waals surface area (Å²) in [6.07, 6.45) is 0.962. The number of morpholine rings is 1. The Hall–Kier alpha value is -2.26. The van der Waals surface area contributed by atoms with Gasteiger partial charge in [-0.25, -0.2) is 4.63 Å². The molecule has 2 aromatic rings. The van der Waals surface area contributed by atoms with Gasteiger partial charge < -0.3 is 10.1 Å². The van der Waals surface area contributed by atoms with Crippen LogP contribution in [-0.4, -0.2) is 59.5 Å². The second-order valence-electron chi connectivity index (χ2n) is 5.09. The van der Waals surface area contributed by atoms with E-state index in [1.54, 1.807) is 6.07 Å². The third kappa shape index (κ3) is 3.15. The van der Waals surface area contributed by atoms with Gasteiger partial charge in [-0.3, -0.25) is 15.0 Å².